The second-order valence-electron chi connectivity index (χ2n) is 4.53. The van der Waals surface area contributed by atoms with Crippen LogP contribution in [0.15, 0.2) is 42.5 Å². The van der Waals surface area contributed by atoms with E-state index in [1.165, 1.54) is 24.3 Å². The van der Waals surface area contributed by atoms with Crippen molar-refractivity contribution >= 4 is 35.7 Å². The third-order valence-corrected chi connectivity index (χ3v) is 3.25. The van der Waals surface area contributed by atoms with Gasteiger partial charge in [0.05, 0.1) is 10.7 Å². The summed E-state index contributed by atoms with van der Waals surface area (Å²) in [7, 11) is 0. The van der Waals surface area contributed by atoms with Gasteiger partial charge in [-0.3, -0.25) is 0 Å². The molecule has 0 aliphatic carbocycles. The Hall–Kier alpha value is -1.98. The minimum absolute atomic E-state index is 0. The molecule has 0 fully saturated rings. The molecule has 1 unspecified atom stereocenters. The molecule has 0 saturated heterocycles. The van der Waals surface area contributed by atoms with Crippen LogP contribution in [0.25, 0.3) is 0 Å². The van der Waals surface area contributed by atoms with Crippen LogP contribution >= 0.6 is 24.0 Å². The third-order valence-electron chi connectivity index (χ3n) is 2.94. The fourth-order valence-electron chi connectivity index (χ4n) is 1.86. The van der Waals surface area contributed by atoms with Gasteiger partial charge in [-0.25, -0.2) is 9.18 Å². The molecular formula is C15H14Cl2FNO3. The highest BCUT2D eigenvalue weighted by Gasteiger charge is 2.19. The lowest BCUT2D eigenvalue weighted by Crippen LogP contribution is -2.31. The Morgan fingerprint density at radius 2 is 1.86 bits per heavy atom. The Labute approximate surface area is 138 Å². The van der Waals surface area contributed by atoms with Gasteiger partial charge in [-0.2, -0.15) is 0 Å². The Morgan fingerprint density at radius 1 is 1.23 bits per heavy atom. The Balaban J connectivity index is 0.00000242. The smallest absolute Gasteiger partial charge is 0.326 e. The van der Waals surface area contributed by atoms with Gasteiger partial charge in [0.2, 0.25) is 0 Å². The third kappa shape index (κ3) is 4.79. The van der Waals surface area contributed by atoms with E-state index in [0.717, 1.165) is 11.6 Å². The van der Waals surface area contributed by atoms with Crippen LogP contribution < -0.4 is 5.32 Å². The molecule has 0 amide bonds. The van der Waals surface area contributed by atoms with Crippen LogP contribution in [0.2, 0.25) is 5.02 Å². The molecule has 2 aromatic carbocycles. The molecular weight excluding hydrogens is 332 g/mol. The van der Waals surface area contributed by atoms with Crippen molar-refractivity contribution in [2.75, 3.05) is 5.32 Å². The molecule has 3 N–H and O–H groups in total. The highest BCUT2D eigenvalue weighted by molar-refractivity contribution is 6.33. The summed E-state index contributed by atoms with van der Waals surface area (Å²) >= 11 is 5.87. The number of phenolic OH excluding ortho intramolecular Hbond substituents is 1. The normalized spacial score (nSPS) is 11.4. The highest BCUT2D eigenvalue weighted by Crippen LogP contribution is 2.24. The van der Waals surface area contributed by atoms with E-state index >= 15 is 0 Å². The molecule has 2 rings (SSSR count). The molecule has 0 saturated carbocycles. The molecule has 2 aromatic rings. The van der Waals surface area contributed by atoms with Crippen molar-refractivity contribution in [1.29, 1.82) is 0 Å². The van der Waals surface area contributed by atoms with Crippen molar-refractivity contribution in [1.82, 2.24) is 0 Å². The van der Waals surface area contributed by atoms with Gasteiger partial charge in [0, 0.05) is 6.42 Å². The van der Waals surface area contributed by atoms with Crippen molar-refractivity contribution in [3.05, 3.63) is 58.9 Å². The summed E-state index contributed by atoms with van der Waals surface area (Å²) in [5.41, 5.74) is 1.09. The standard InChI is InChI=1S/C15H13ClFNO3.ClH/c16-12-8-10(17)3-6-13(12)18-14(15(20)21)7-9-1-4-11(19)5-2-9;/h1-6,8,14,18-19H,7H2,(H,20,21);1H. The second-order valence-corrected chi connectivity index (χ2v) is 4.94. The molecule has 0 radical (unpaired) electrons. The monoisotopic (exact) mass is 345 g/mol. The zero-order valence-corrected chi connectivity index (χ0v) is 12.9. The van der Waals surface area contributed by atoms with E-state index in [4.69, 9.17) is 11.6 Å². The number of carboxylic acids is 1. The zero-order valence-electron chi connectivity index (χ0n) is 11.3. The summed E-state index contributed by atoms with van der Waals surface area (Å²) in [5, 5.41) is 21.4. The van der Waals surface area contributed by atoms with E-state index in [0.29, 0.717) is 5.69 Å². The number of anilines is 1. The van der Waals surface area contributed by atoms with Gasteiger partial charge in [-0.05, 0) is 35.9 Å². The number of hydrogen-bond donors (Lipinski definition) is 3. The number of carbonyl (C=O) groups is 1. The average Bonchev–Trinajstić information content (AvgIpc) is 2.43. The Kier molecular flexibility index (Phi) is 6.46. The summed E-state index contributed by atoms with van der Waals surface area (Å²) in [6.45, 7) is 0. The van der Waals surface area contributed by atoms with Crippen LogP contribution in [-0.2, 0) is 11.2 Å². The fraction of sp³-hybridized carbons (Fsp3) is 0.133. The highest BCUT2D eigenvalue weighted by atomic mass is 35.5. The lowest BCUT2D eigenvalue weighted by atomic mass is 10.1. The molecule has 4 nitrogen and oxygen atoms in total. The first-order valence-electron chi connectivity index (χ1n) is 6.18. The van der Waals surface area contributed by atoms with E-state index < -0.39 is 17.8 Å². The predicted molar refractivity (Wildman–Crippen MR) is 85.5 cm³/mol. The largest absolute Gasteiger partial charge is 0.508 e. The topological polar surface area (TPSA) is 69.6 Å². The fourth-order valence-corrected chi connectivity index (χ4v) is 2.08. The van der Waals surface area contributed by atoms with Gasteiger partial charge < -0.3 is 15.5 Å². The van der Waals surface area contributed by atoms with E-state index in [2.05, 4.69) is 5.32 Å². The first-order chi connectivity index (χ1) is 9.95. The molecule has 1 atom stereocenters. The summed E-state index contributed by atoms with van der Waals surface area (Å²) in [6.07, 6.45) is 0.198. The quantitative estimate of drug-likeness (QED) is 0.772. The first-order valence-corrected chi connectivity index (χ1v) is 6.56. The number of nitrogens with one attached hydrogen (secondary N) is 1. The zero-order chi connectivity index (χ0) is 15.4. The van der Waals surface area contributed by atoms with Gasteiger partial charge in [0.15, 0.2) is 0 Å². The number of aliphatic carboxylic acids is 1. The second kappa shape index (κ2) is 7.87. The molecule has 0 spiro atoms. The lowest BCUT2D eigenvalue weighted by molar-refractivity contribution is -0.137. The number of aromatic hydroxyl groups is 1. The van der Waals surface area contributed by atoms with Gasteiger partial charge in [0.25, 0.3) is 0 Å². The molecule has 0 bridgehead atoms. The minimum atomic E-state index is -1.05. The predicted octanol–water partition coefficient (Wildman–Crippen LogP) is 3.71. The van der Waals surface area contributed by atoms with Gasteiger partial charge in [-0.15, -0.1) is 12.4 Å². The van der Waals surface area contributed by atoms with E-state index in [1.807, 2.05) is 0 Å². The van der Waals surface area contributed by atoms with Crippen LogP contribution in [0.1, 0.15) is 5.56 Å². The minimum Gasteiger partial charge on any atom is -0.508 e. The SMILES string of the molecule is Cl.O=C(O)C(Cc1ccc(O)cc1)Nc1ccc(F)cc1Cl. The van der Waals surface area contributed by atoms with E-state index in [-0.39, 0.29) is 29.6 Å². The van der Waals surface area contributed by atoms with Crippen LogP contribution in [0.5, 0.6) is 5.75 Å². The summed E-state index contributed by atoms with van der Waals surface area (Å²) in [5.74, 6) is -1.43. The number of benzene rings is 2. The molecule has 0 aliphatic heterocycles. The molecule has 22 heavy (non-hydrogen) atoms. The first kappa shape index (κ1) is 18.1. The maximum Gasteiger partial charge on any atom is 0.326 e. The Bertz CT molecular complexity index is 650. The van der Waals surface area contributed by atoms with Crippen LogP contribution in [0.3, 0.4) is 0 Å². The van der Waals surface area contributed by atoms with Crippen molar-refractivity contribution in [3.63, 3.8) is 0 Å². The van der Waals surface area contributed by atoms with E-state index in [1.54, 1.807) is 12.1 Å². The number of halogens is 3. The van der Waals surface area contributed by atoms with Crippen LogP contribution in [0.4, 0.5) is 10.1 Å². The van der Waals surface area contributed by atoms with E-state index in [9.17, 15) is 19.4 Å². The van der Waals surface area contributed by atoms with Crippen molar-refractivity contribution in [2.45, 2.75) is 12.5 Å². The number of hydrogen-bond acceptors (Lipinski definition) is 3. The summed E-state index contributed by atoms with van der Waals surface area (Å²) in [4.78, 5) is 11.3. The van der Waals surface area contributed by atoms with Gasteiger partial charge in [-0.1, -0.05) is 23.7 Å². The maximum atomic E-state index is 13.0. The Morgan fingerprint density at radius 3 is 2.41 bits per heavy atom. The lowest BCUT2D eigenvalue weighted by Gasteiger charge is -2.17. The van der Waals surface area contributed by atoms with Crippen molar-refractivity contribution in [2.24, 2.45) is 0 Å². The summed E-state index contributed by atoms with van der Waals surface area (Å²) < 4.78 is 13.0. The number of rotatable bonds is 5. The van der Waals surface area contributed by atoms with Crippen molar-refractivity contribution in [3.8, 4) is 5.75 Å². The number of phenols is 1. The maximum absolute atomic E-state index is 13.0. The van der Waals surface area contributed by atoms with Crippen molar-refractivity contribution < 1.29 is 19.4 Å². The molecule has 0 aromatic heterocycles. The van der Waals surface area contributed by atoms with Gasteiger partial charge in [0.1, 0.15) is 17.6 Å². The summed E-state index contributed by atoms with van der Waals surface area (Å²) in [6, 6.07) is 9.04. The molecule has 0 aliphatic rings. The number of carboxylic acid groups (broad SMARTS) is 1. The molecule has 118 valence electrons. The molecule has 7 heteroatoms. The van der Waals surface area contributed by atoms with Crippen LogP contribution in [0, 0.1) is 5.82 Å². The van der Waals surface area contributed by atoms with Crippen LogP contribution in [-0.4, -0.2) is 22.2 Å². The average molecular weight is 346 g/mol. The molecule has 0 heterocycles. The van der Waals surface area contributed by atoms with Gasteiger partial charge >= 0.3 is 5.97 Å².